The summed E-state index contributed by atoms with van der Waals surface area (Å²) in [5.41, 5.74) is 5.50. The highest BCUT2D eigenvalue weighted by Gasteiger charge is 2.24. The van der Waals surface area contributed by atoms with Crippen molar-refractivity contribution >= 4 is 28.7 Å². The molecule has 224 valence electrons. The predicted octanol–water partition coefficient (Wildman–Crippen LogP) is 6.41. The first-order valence-corrected chi connectivity index (χ1v) is 15.0. The van der Waals surface area contributed by atoms with Crippen LogP contribution in [0, 0.1) is 0 Å². The molecule has 0 spiro atoms. The second kappa shape index (κ2) is 12.6. The van der Waals surface area contributed by atoms with Crippen LogP contribution in [-0.4, -0.2) is 38.9 Å². The van der Waals surface area contributed by atoms with Gasteiger partial charge in [0.15, 0.2) is 0 Å². The van der Waals surface area contributed by atoms with Crippen LogP contribution in [0.1, 0.15) is 71.5 Å². The summed E-state index contributed by atoms with van der Waals surface area (Å²) in [6, 6.07) is 21.4. The smallest absolute Gasteiger partial charge is 0.255 e. The van der Waals surface area contributed by atoms with Gasteiger partial charge in [-0.1, -0.05) is 30.3 Å². The normalized spacial score (nSPS) is 13.5. The van der Waals surface area contributed by atoms with Crippen molar-refractivity contribution in [2.45, 2.75) is 58.3 Å². The molecule has 1 aliphatic carbocycles. The van der Waals surface area contributed by atoms with E-state index in [2.05, 4.69) is 37.0 Å². The first-order valence-electron chi connectivity index (χ1n) is 15.0. The van der Waals surface area contributed by atoms with Crippen LogP contribution >= 0.6 is 0 Å². The van der Waals surface area contributed by atoms with E-state index in [0.29, 0.717) is 29.1 Å². The lowest BCUT2D eigenvalue weighted by molar-refractivity contribution is 0.0935. The van der Waals surface area contributed by atoms with Crippen LogP contribution in [0.2, 0.25) is 0 Å². The molecule has 3 aromatic heterocycles. The van der Waals surface area contributed by atoms with E-state index in [1.807, 2.05) is 75.5 Å². The molecule has 3 heterocycles. The molecule has 0 bridgehead atoms. The lowest BCUT2D eigenvalue weighted by atomic mass is 10.0. The third-order valence-corrected chi connectivity index (χ3v) is 7.51. The Balaban J connectivity index is 1.26. The summed E-state index contributed by atoms with van der Waals surface area (Å²) in [4.78, 5) is 38.2. The number of aromatic nitrogens is 3. The Hall–Kier alpha value is -5.18. The summed E-state index contributed by atoms with van der Waals surface area (Å²) in [7, 11) is 0. The van der Waals surface area contributed by atoms with Gasteiger partial charge in [-0.25, -0.2) is 9.97 Å². The molecule has 44 heavy (non-hydrogen) atoms. The van der Waals surface area contributed by atoms with E-state index in [0.717, 1.165) is 46.2 Å². The average molecular weight is 589 g/mol. The summed E-state index contributed by atoms with van der Waals surface area (Å²) >= 11 is 0. The van der Waals surface area contributed by atoms with Gasteiger partial charge in [0.25, 0.3) is 11.8 Å². The Morgan fingerprint density at radius 1 is 0.977 bits per heavy atom. The second-order valence-corrected chi connectivity index (χ2v) is 11.5. The summed E-state index contributed by atoms with van der Waals surface area (Å²) in [5.74, 6) is 0.895. The summed E-state index contributed by atoms with van der Waals surface area (Å²) in [5, 5.41) is 10.3. The van der Waals surface area contributed by atoms with Crippen LogP contribution in [0.15, 0.2) is 85.3 Å². The number of fused-ring (bicyclic) bond motifs is 1. The zero-order valence-electron chi connectivity index (χ0n) is 25.1. The Bertz CT molecular complexity index is 1800. The number of aromatic amines is 1. The van der Waals surface area contributed by atoms with Crippen molar-refractivity contribution in [1.82, 2.24) is 25.6 Å². The van der Waals surface area contributed by atoms with E-state index in [1.165, 1.54) is 0 Å². The van der Waals surface area contributed by atoms with Crippen LogP contribution in [0.5, 0.6) is 5.75 Å². The van der Waals surface area contributed by atoms with Crippen molar-refractivity contribution in [3.8, 4) is 16.9 Å². The van der Waals surface area contributed by atoms with Crippen molar-refractivity contribution < 1.29 is 14.3 Å². The van der Waals surface area contributed by atoms with Gasteiger partial charge in [-0.2, -0.15) is 0 Å². The highest BCUT2D eigenvalue weighted by atomic mass is 16.5. The number of H-pyrrole nitrogens is 1. The van der Waals surface area contributed by atoms with Crippen molar-refractivity contribution in [1.29, 1.82) is 0 Å². The average Bonchev–Trinajstić information content (AvgIpc) is 3.74. The lowest BCUT2D eigenvalue weighted by Crippen LogP contribution is -2.27. The van der Waals surface area contributed by atoms with E-state index in [9.17, 15) is 9.59 Å². The molecule has 1 fully saturated rings. The fourth-order valence-electron chi connectivity index (χ4n) is 5.14. The van der Waals surface area contributed by atoms with Gasteiger partial charge in [-0.3, -0.25) is 9.59 Å². The molecule has 4 N–H and O–H groups in total. The van der Waals surface area contributed by atoms with E-state index in [1.54, 1.807) is 24.5 Å². The fourth-order valence-corrected chi connectivity index (χ4v) is 5.14. The van der Waals surface area contributed by atoms with Crippen molar-refractivity contribution in [2.75, 3.05) is 5.32 Å². The standard InChI is InChI=1S/C35H36N6O3/c1-21(2)44-28-15-23(18-37-32-29(10-7-13-36-32)35(43)40-22(3)24-8-5-4-6-9-24)14-25(16-28)31-20-39-33-30(31)17-26(19-38-33)34(42)41-27-11-12-27/h4-10,13-17,19-22,27H,11-12,18H2,1-3H3,(H,36,37)(H,38,39)(H,40,43)(H,41,42)/t22-/m0/s1. The molecule has 9 nitrogen and oxygen atoms in total. The number of anilines is 1. The number of nitrogens with one attached hydrogen (secondary N) is 4. The SMILES string of the molecule is CC(C)Oc1cc(CNc2ncccc2C(=O)N[C@@H](C)c2ccccc2)cc(-c2c[nH]c3ncc(C(=O)NC4CC4)cc23)c1. The van der Waals surface area contributed by atoms with E-state index >= 15 is 0 Å². The summed E-state index contributed by atoms with van der Waals surface area (Å²) in [6.07, 6.45) is 7.20. The number of ether oxygens (including phenoxy) is 1. The van der Waals surface area contributed by atoms with Crippen LogP contribution in [0.3, 0.4) is 0 Å². The maximum absolute atomic E-state index is 13.3. The highest BCUT2D eigenvalue weighted by molar-refractivity contribution is 6.01. The third-order valence-electron chi connectivity index (χ3n) is 7.51. The molecule has 5 aromatic rings. The van der Waals surface area contributed by atoms with Gasteiger partial charge in [0, 0.05) is 42.1 Å². The van der Waals surface area contributed by atoms with Gasteiger partial charge in [0.2, 0.25) is 0 Å². The first-order chi connectivity index (χ1) is 21.3. The minimum Gasteiger partial charge on any atom is -0.491 e. The number of carbonyl (C=O) groups excluding carboxylic acids is 2. The number of hydrogen-bond acceptors (Lipinski definition) is 6. The van der Waals surface area contributed by atoms with Crippen molar-refractivity contribution in [3.63, 3.8) is 0 Å². The highest BCUT2D eigenvalue weighted by Crippen LogP contribution is 2.33. The first kappa shape index (κ1) is 28.9. The molecule has 1 atom stereocenters. The quantitative estimate of drug-likeness (QED) is 0.142. The van der Waals surface area contributed by atoms with Crippen LogP contribution in [0.4, 0.5) is 5.82 Å². The van der Waals surface area contributed by atoms with Crippen molar-refractivity contribution in [3.05, 3.63) is 108 Å². The van der Waals surface area contributed by atoms with Gasteiger partial charge in [-0.05, 0) is 86.7 Å². The molecule has 1 saturated carbocycles. The van der Waals surface area contributed by atoms with E-state index in [4.69, 9.17) is 4.74 Å². The van der Waals surface area contributed by atoms with Crippen LogP contribution in [-0.2, 0) is 6.54 Å². The number of amides is 2. The molecule has 1 aliphatic rings. The number of hydrogen-bond donors (Lipinski definition) is 4. The molecular weight excluding hydrogens is 552 g/mol. The zero-order valence-corrected chi connectivity index (χ0v) is 25.1. The van der Waals surface area contributed by atoms with Gasteiger partial charge in [0.1, 0.15) is 17.2 Å². The Morgan fingerprint density at radius 3 is 2.57 bits per heavy atom. The second-order valence-electron chi connectivity index (χ2n) is 11.5. The molecule has 0 radical (unpaired) electrons. The lowest BCUT2D eigenvalue weighted by Gasteiger charge is -2.17. The molecule has 2 aromatic carbocycles. The molecule has 0 unspecified atom stereocenters. The molecule has 0 aliphatic heterocycles. The topological polar surface area (TPSA) is 121 Å². The number of pyridine rings is 2. The largest absolute Gasteiger partial charge is 0.491 e. The minimum atomic E-state index is -0.206. The number of rotatable bonds is 11. The molecular formula is C35H36N6O3. The summed E-state index contributed by atoms with van der Waals surface area (Å²) < 4.78 is 6.12. The Morgan fingerprint density at radius 2 is 1.80 bits per heavy atom. The minimum absolute atomic E-state index is 0.0221. The Labute approximate surface area is 256 Å². The van der Waals surface area contributed by atoms with Gasteiger partial charge >= 0.3 is 0 Å². The zero-order chi connectivity index (χ0) is 30.6. The number of carbonyl (C=O) groups is 2. The predicted molar refractivity (Wildman–Crippen MR) is 172 cm³/mol. The fraction of sp³-hybridized carbons (Fsp3) is 0.257. The van der Waals surface area contributed by atoms with Crippen molar-refractivity contribution in [2.24, 2.45) is 0 Å². The van der Waals surface area contributed by atoms with Gasteiger partial charge < -0.3 is 25.7 Å². The third kappa shape index (κ3) is 6.72. The van der Waals surface area contributed by atoms with Crippen LogP contribution in [0.25, 0.3) is 22.2 Å². The molecule has 6 rings (SSSR count). The van der Waals surface area contributed by atoms with E-state index in [-0.39, 0.29) is 30.0 Å². The summed E-state index contributed by atoms with van der Waals surface area (Å²) in [6.45, 7) is 6.34. The molecule has 2 amide bonds. The Kier molecular flexibility index (Phi) is 8.27. The monoisotopic (exact) mass is 588 g/mol. The van der Waals surface area contributed by atoms with E-state index < -0.39 is 0 Å². The number of benzene rings is 2. The van der Waals surface area contributed by atoms with Crippen LogP contribution < -0.4 is 20.7 Å². The maximum atomic E-state index is 13.3. The maximum Gasteiger partial charge on any atom is 0.255 e. The van der Waals surface area contributed by atoms with Gasteiger partial charge in [-0.15, -0.1) is 0 Å². The number of nitrogens with zero attached hydrogens (tertiary/aromatic N) is 2. The molecule has 0 saturated heterocycles. The molecule has 9 heteroatoms. The van der Waals surface area contributed by atoms with Gasteiger partial charge in [0.05, 0.1) is 23.3 Å².